The van der Waals surface area contributed by atoms with Crippen LogP contribution >= 0.6 is 15.9 Å². The van der Waals surface area contributed by atoms with Gasteiger partial charge in [0.05, 0.1) is 25.4 Å². The molecule has 5 nitrogen and oxygen atoms in total. The Labute approximate surface area is 200 Å². The first-order valence-corrected chi connectivity index (χ1v) is 12.9. The minimum absolute atomic E-state index is 0.0838. The summed E-state index contributed by atoms with van der Waals surface area (Å²) in [6.45, 7) is 5.42. The number of unbranched alkanes of at least 4 members (excludes halogenated alkanes) is 2. The van der Waals surface area contributed by atoms with Crippen molar-refractivity contribution in [2.75, 3.05) is 13.2 Å². The Bertz CT molecular complexity index is 791. The second-order valence-electron chi connectivity index (χ2n) is 9.25. The monoisotopic (exact) mass is 506 g/mol. The Balaban J connectivity index is 1.61. The van der Waals surface area contributed by atoms with Crippen LogP contribution in [0.3, 0.4) is 0 Å². The van der Waals surface area contributed by atoms with Crippen molar-refractivity contribution in [2.45, 2.75) is 81.3 Å². The Morgan fingerprint density at radius 1 is 1.25 bits per heavy atom. The van der Waals surface area contributed by atoms with Gasteiger partial charge in [-0.05, 0) is 30.9 Å². The molecule has 3 fully saturated rings. The van der Waals surface area contributed by atoms with Gasteiger partial charge in [-0.3, -0.25) is 4.79 Å². The highest BCUT2D eigenvalue weighted by atomic mass is 79.9. The molecule has 1 unspecified atom stereocenters. The largest absolute Gasteiger partial charge is 0.458 e. The number of rotatable bonds is 10. The maximum atomic E-state index is 11.7. The molecule has 6 heteroatoms. The standard InChI is InChI=1S/C26H35BrO5/c1-3-4-6-11-21(32-19(2)28)12-13-25(31-18-20-9-7-5-8-10-20)22-17-26(29-14-15-30-26)24(25)16-23(22)27/h5,7-10,12-13,21-24H,3-4,6,11,14-18H2,1-2H3/b13-12+/t21-,22-,23+,24+,25?/m0/s1. The van der Waals surface area contributed by atoms with Crippen LogP contribution in [0.4, 0.5) is 0 Å². The van der Waals surface area contributed by atoms with Crippen molar-refractivity contribution in [2.24, 2.45) is 11.8 Å². The fourth-order valence-electron chi connectivity index (χ4n) is 5.70. The Kier molecular flexibility index (Phi) is 7.76. The van der Waals surface area contributed by atoms with Gasteiger partial charge in [0.15, 0.2) is 5.79 Å². The van der Waals surface area contributed by atoms with Crippen molar-refractivity contribution >= 4 is 21.9 Å². The molecule has 2 saturated carbocycles. The highest BCUT2D eigenvalue weighted by Crippen LogP contribution is 2.64. The zero-order chi connectivity index (χ0) is 22.6. The normalized spacial score (nSPS) is 31.5. The van der Waals surface area contributed by atoms with E-state index in [1.54, 1.807) is 0 Å². The van der Waals surface area contributed by atoms with Crippen LogP contribution in [0.1, 0.15) is 57.9 Å². The summed E-state index contributed by atoms with van der Waals surface area (Å²) < 4.78 is 24.8. The van der Waals surface area contributed by atoms with Crippen LogP contribution in [0.5, 0.6) is 0 Å². The number of benzene rings is 1. The van der Waals surface area contributed by atoms with Gasteiger partial charge < -0.3 is 18.9 Å². The number of carbonyl (C=O) groups excluding carboxylic acids is 1. The number of hydrogen-bond donors (Lipinski definition) is 0. The number of alkyl halides is 1. The average Bonchev–Trinajstić information content (AvgIpc) is 3.42. The van der Waals surface area contributed by atoms with Crippen LogP contribution in [0.15, 0.2) is 42.5 Å². The van der Waals surface area contributed by atoms with Crippen molar-refractivity contribution < 1.29 is 23.7 Å². The third kappa shape index (κ3) is 4.84. The molecule has 1 aliphatic heterocycles. The van der Waals surface area contributed by atoms with Crippen molar-refractivity contribution in [1.82, 2.24) is 0 Å². The molecule has 1 aromatic rings. The lowest BCUT2D eigenvalue weighted by Crippen LogP contribution is -2.44. The number of carbonyl (C=O) groups is 1. The maximum Gasteiger partial charge on any atom is 0.303 e. The van der Waals surface area contributed by atoms with Gasteiger partial charge in [-0.2, -0.15) is 0 Å². The molecule has 2 aliphatic carbocycles. The summed E-state index contributed by atoms with van der Waals surface area (Å²) in [6.07, 6.45) is 9.83. The van der Waals surface area contributed by atoms with Crippen LogP contribution in [0, 0.1) is 11.8 Å². The van der Waals surface area contributed by atoms with Gasteiger partial charge >= 0.3 is 5.97 Å². The number of hydrogen-bond acceptors (Lipinski definition) is 5. The third-order valence-corrected chi connectivity index (χ3v) is 8.16. The maximum absolute atomic E-state index is 11.7. The molecule has 176 valence electrons. The van der Waals surface area contributed by atoms with E-state index in [2.05, 4.69) is 47.1 Å². The minimum atomic E-state index is -0.574. The SMILES string of the molecule is CCCCC[C@@H](/C=C/C1(OCc2ccccc2)[C@H]2CC3(OCCO3)[C@@H]1C[C@H]2Br)OC(C)=O. The molecular formula is C26H35BrO5. The van der Waals surface area contributed by atoms with E-state index in [0.717, 1.165) is 44.1 Å². The second kappa shape index (κ2) is 10.4. The highest BCUT2D eigenvalue weighted by molar-refractivity contribution is 9.09. The molecule has 0 radical (unpaired) electrons. The molecule has 1 spiro atoms. The van der Waals surface area contributed by atoms with E-state index >= 15 is 0 Å². The molecule has 4 rings (SSSR count). The van der Waals surface area contributed by atoms with E-state index < -0.39 is 11.4 Å². The Morgan fingerprint density at radius 3 is 2.69 bits per heavy atom. The molecule has 2 bridgehead atoms. The highest BCUT2D eigenvalue weighted by Gasteiger charge is 2.71. The predicted octanol–water partition coefficient (Wildman–Crippen LogP) is 5.56. The predicted molar refractivity (Wildman–Crippen MR) is 126 cm³/mol. The van der Waals surface area contributed by atoms with E-state index in [0.29, 0.717) is 24.6 Å². The Morgan fingerprint density at radius 2 is 2.00 bits per heavy atom. The van der Waals surface area contributed by atoms with E-state index in [4.69, 9.17) is 18.9 Å². The van der Waals surface area contributed by atoms with Crippen LogP contribution in [0.25, 0.3) is 0 Å². The first-order valence-electron chi connectivity index (χ1n) is 12.0. The summed E-state index contributed by atoms with van der Waals surface area (Å²) in [7, 11) is 0. The molecule has 0 amide bonds. The lowest BCUT2D eigenvalue weighted by atomic mass is 9.88. The number of fused-ring (bicyclic) bond motifs is 3. The smallest absolute Gasteiger partial charge is 0.303 e. The second-order valence-corrected chi connectivity index (χ2v) is 10.4. The van der Waals surface area contributed by atoms with Crippen LogP contribution < -0.4 is 0 Å². The molecule has 5 atom stereocenters. The van der Waals surface area contributed by atoms with E-state index in [9.17, 15) is 4.79 Å². The fourth-order valence-corrected chi connectivity index (χ4v) is 6.68. The minimum Gasteiger partial charge on any atom is -0.458 e. The van der Waals surface area contributed by atoms with E-state index in [1.165, 1.54) is 6.92 Å². The summed E-state index contributed by atoms with van der Waals surface area (Å²) in [5.74, 6) is -0.517. The van der Waals surface area contributed by atoms with Crippen molar-refractivity contribution in [3.8, 4) is 0 Å². The lowest BCUT2D eigenvalue weighted by Gasteiger charge is -2.36. The lowest BCUT2D eigenvalue weighted by molar-refractivity contribution is -0.206. The van der Waals surface area contributed by atoms with Gasteiger partial charge in [0.2, 0.25) is 0 Å². The molecular weight excluding hydrogens is 472 g/mol. The molecule has 3 aliphatic rings. The van der Waals surface area contributed by atoms with E-state index in [-0.39, 0.29) is 23.9 Å². The number of ether oxygens (including phenoxy) is 4. The van der Waals surface area contributed by atoms with Crippen molar-refractivity contribution in [1.29, 1.82) is 0 Å². The zero-order valence-corrected chi connectivity index (χ0v) is 20.7. The molecule has 1 saturated heterocycles. The fraction of sp³-hybridized carbons (Fsp3) is 0.654. The topological polar surface area (TPSA) is 54.0 Å². The van der Waals surface area contributed by atoms with Crippen molar-refractivity contribution in [3.63, 3.8) is 0 Å². The van der Waals surface area contributed by atoms with Gasteiger partial charge in [0, 0.05) is 30.0 Å². The summed E-state index contributed by atoms with van der Waals surface area (Å²) >= 11 is 3.92. The zero-order valence-electron chi connectivity index (χ0n) is 19.1. The summed E-state index contributed by atoms with van der Waals surface area (Å²) in [5, 5.41) is 0. The van der Waals surface area contributed by atoms with Crippen molar-refractivity contribution in [3.05, 3.63) is 48.0 Å². The average molecular weight is 507 g/mol. The van der Waals surface area contributed by atoms with Gasteiger partial charge in [0.1, 0.15) is 6.10 Å². The molecule has 1 aromatic carbocycles. The molecule has 1 heterocycles. The van der Waals surface area contributed by atoms with Gasteiger partial charge in [-0.25, -0.2) is 0 Å². The summed E-state index contributed by atoms with van der Waals surface area (Å²) in [6, 6.07) is 10.3. The van der Waals surface area contributed by atoms with Gasteiger partial charge in [-0.1, -0.05) is 72.1 Å². The molecule has 32 heavy (non-hydrogen) atoms. The van der Waals surface area contributed by atoms with Crippen LogP contribution in [-0.4, -0.2) is 41.5 Å². The first kappa shape index (κ1) is 23.9. The number of halogens is 1. The molecule has 0 aromatic heterocycles. The summed E-state index contributed by atoms with van der Waals surface area (Å²) in [5.41, 5.74) is 0.608. The van der Waals surface area contributed by atoms with E-state index in [1.807, 2.05) is 18.2 Å². The van der Waals surface area contributed by atoms with Crippen LogP contribution in [-0.2, 0) is 30.3 Å². The third-order valence-electron chi connectivity index (χ3n) is 7.15. The van der Waals surface area contributed by atoms with Gasteiger partial charge in [0.25, 0.3) is 0 Å². The summed E-state index contributed by atoms with van der Waals surface area (Å²) in [4.78, 5) is 12.1. The number of esters is 1. The molecule has 0 N–H and O–H groups in total. The quantitative estimate of drug-likeness (QED) is 0.180. The van der Waals surface area contributed by atoms with Crippen LogP contribution in [0.2, 0.25) is 0 Å². The van der Waals surface area contributed by atoms with Gasteiger partial charge in [-0.15, -0.1) is 0 Å². The Hall–Kier alpha value is -1.21. The first-order chi connectivity index (χ1) is 15.5.